The third-order valence-electron chi connectivity index (χ3n) is 10.0. The Balaban J connectivity index is 1.80. The predicted octanol–water partition coefficient (Wildman–Crippen LogP) is 3.52. The van der Waals surface area contributed by atoms with Crippen LogP contribution in [0.3, 0.4) is 0 Å². The molecule has 2 saturated heterocycles. The second-order valence-corrected chi connectivity index (χ2v) is 16.6. The highest BCUT2D eigenvalue weighted by Gasteiger charge is 2.48. The third kappa shape index (κ3) is 10.7. The molecule has 0 aromatic rings. The molecule has 0 aromatic carbocycles. The van der Waals surface area contributed by atoms with E-state index >= 15 is 0 Å². The molecule has 3 fully saturated rings. The van der Waals surface area contributed by atoms with Crippen molar-refractivity contribution in [1.82, 2.24) is 31.1 Å². The Morgan fingerprint density at radius 3 is 2.08 bits per heavy atom. The highest BCUT2D eigenvalue weighted by atomic mass is 16.2. The molecule has 12 heteroatoms. The zero-order valence-corrected chi connectivity index (χ0v) is 30.9. The summed E-state index contributed by atoms with van der Waals surface area (Å²) < 4.78 is 0. The maximum absolute atomic E-state index is 14.4. The van der Waals surface area contributed by atoms with Crippen LogP contribution in [0.4, 0.5) is 4.79 Å². The zero-order chi connectivity index (χ0) is 36.0. The molecule has 5 atom stereocenters. The molecular formula is C36H62N6O6. The number of Topliss-reactive ketones (excluding diaryl/α,β-unsaturated/α-hetero) is 1. The smallest absolute Gasteiger partial charge is 0.315 e. The van der Waals surface area contributed by atoms with Gasteiger partial charge in [0.2, 0.25) is 23.5 Å². The van der Waals surface area contributed by atoms with Gasteiger partial charge in [-0.2, -0.15) is 0 Å². The molecule has 272 valence electrons. The summed E-state index contributed by atoms with van der Waals surface area (Å²) >= 11 is 0. The van der Waals surface area contributed by atoms with E-state index in [2.05, 4.69) is 21.3 Å². The van der Waals surface area contributed by atoms with Gasteiger partial charge in [-0.1, -0.05) is 75.2 Å². The number of hydrogen-bond acceptors (Lipinski definition) is 6. The molecule has 3 rings (SSSR count). The topological polar surface area (TPSA) is 157 Å². The van der Waals surface area contributed by atoms with Crippen molar-refractivity contribution in [2.45, 2.75) is 150 Å². The molecule has 1 saturated carbocycles. The Labute approximate surface area is 287 Å². The largest absolute Gasteiger partial charge is 0.347 e. The third-order valence-corrected chi connectivity index (χ3v) is 10.0. The number of ketones is 1. The van der Waals surface area contributed by atoms with Gasteiger partial charge in [0.1, 0.15) is 12.1 Å². The first-order valence-corrected chi connectivity index (χ1v) is 18.2. The van der Waals surface area contributed by atoms with Gasteiger partial charge in [0.25, 0.3) is 5.91 Å². The number of carbonyl (C=O) groups is 6. The minimum Gasteiger partial charge on any atom is -0.347 e. The zero-order valence-electron chi connectivity index (χ0n) is 30.9. The van der Waals surface area contributed by atoms with E-state index in [0.29, 0.717) is 45.3 Å². The summed E-state index contributed by atoms with van der Waals surface area (Å²) in [6.45, 7) is 19.0. The van der Waals surface area contributed by atoms with Crippen LogP contribution in [-0.4, -0.2) is 95.1 Å². The number of nitrogens with zero attached hydrogens (tertiary/aromatic N) is 2. The number of piperidine rings is 1. The molecule has 2 aliphatic heterocycles. The maximum Gasteiger partial charge on any atom is 0.315 e. The van der Waals surface area contributed by atoms with Crippen LogP contribution in [0.25, 0.3) is 0 Å². The number of carbonyl (C=O) groups excluding carboxylic acids is 6. The van der Waals surface area contributed by atoms with Gasteiger partial charge < -0.3 is 31.1 Å². The SMILES string of the molecule is CCCCC(NC(=O)[C@@H]1[C@@H](C(C)C)CCN1C(=O)[C@@H](NC(=O)N[C@H](CN1CCCCC1=O)C(C)(C)C)C(C)(C)C)C(=O)C(=O)NC1CC1. The Kier molecular flexibility index (Phi) is 13.5. The first-order chi connectivity index (χ1) is 22.3. The van der Waals surface area contributed by atoms with E-state index in [0.717, 1.165) is 32.1 Å². The van der Waals surface area contributed by atoms with Gasteiger partial charge in [-0.05, 0) is 61.2 Å². The summed E-state index contributed by atoms with van der Waals surface area (Å²) in [7, 11) is 0. The van der Waals surface area contributed by atoms with Crippen molar-refractivity contribution in [1.29, 1.82) is 0 Å². The number of unbranched alkanes of at least 4 members (excludes halogenated alkanes) is 1. The van der Waals surface area contributed by atoms with Crippen LogP contribution >= 0.6 is 0 Å². The quantitative estimate of drug-likeness (QED) is 0.207. The monoisotopic (exact) mass is 674 g/mol. The van der Waals surface area contributed by atoms with E-state index in [1.807, 2.05) is 62.3 Å². The fourth-order valence-electron chi connectivity index (χ4n) is 6.63. The molecule has 1 unspecified atom stereocenters. The van der Waals surface area contributed by atoms with Crippen molar-refractivity contribution in [2.24, 2.45) is 22.7 Å². The first kappa shape index (κ1) is 39.3. The summed E-state index contributed by atoms with van der Waals surface area (Å²) in [5.74, 6) is -2.19. The molecule has 0 spiro atoms. The predicted molar refractivity (Wildman–Crippen MR) is 185 cm³/mol. The van der Waals surface area contributed by atoms with Gasteiger partial charge >= 0.3 is 6.03 Å². The first-order valence-electron chi connectivity index (χ1n) is 18.2. The van der Waals surface area contributed by atoms with Crippen LogP contribution < -0.4 is 21.3 Å². The molecule has 4 N–H and O–H groups in total. The molecule has 6 amide bonds. The summed E-state index contributed by atoms with van der Waals surface area (Å²) in [5, 5.41) is 11.6. The van der Waals surface area contributed by atoms with Gasteiger partial charge in [0, 0.05) is 32.1 Å². The van der Waals surface area contributed by atoms with Crippen molar-refractivity contribution in [3.8, 4) is 0 Å². The van der Waals surface area contributed by atoms with Crippen LogP contribution in [0.5, 0.6) is 0 Å². The van der Waals surface area contributed by atoms with Crippen LogP contribution in [0.1, 0.15) is 120 Å². The van der Waals surface area contributed by atoms with Crippen LogP contribution in [0.15, 0.2) is 0 Å². The second kappa shape index (κ2) is 16.5. The van der Waals surface area contributed by atoms with Crippen LogP contribution in [0.2, 0.25) is 0 Å². The van der Waals surface area contributed by atoms with Crippen molar-refractivity contribution < 1.29 is 28.8 Å². The minimum absolute atomic E-state index is 0.0159. The van der Waals surface area contributed by atoms with Crippen molar-refractivity contribution >= 4 is 35.4 Å². The van der Waals surface area contributed by atoms with E-state index in [1.165, 1.54) is 0 Å². The molecule has 3 aliphatic rings. The summed E-state index contributed by atoms with van der Waals surface area (Å²) in [6.07, 6.45) is 6.36. The van der Waals surface area contributed by atoms with Crippen molar-refractivity contribution in [3.05, 3.63) is 0 Å². The molecule has 12 nitrogen and oxygen atoms in total. The molecule has 2 heterocycles. The Hall–Kier alpha value is -3.18. The van der Waals surface area contributed by atoms with Crippen molar-refractivity contribution in [3.63, 3.8) is 0 Å². The Bertz CT molecular complexity index is 1190. The fraction of sp³-hybridized carbons (Fsp3) is 0.833. The van der Waals surface area contributed by atoms with E-state index in [-0.39, 0.29) is 41.1 Å². The lowest BCUT2D eigenvalue weighted by molar-refractivity contribution is -0.145. The molecule has 1 aliphatic carbocycles. The number of likely N-dealkylation sites (tertiary alicyclic amines) is 2. The number of hydrogen-bond donors (Lipinski definition) is 4. The molecule has 48 heavy (non-hydrogen) atoms. The van der Waals surface area contributed by atoms with Crippen LogP contribution in [-0.2, 0) is 24.0 Å². The summed E-state index contributed by atoms with van der Waals surface area (Å²) in [5.41, 5.74) is -1.06. The summed E-state index contributed by atoms with van der Waals surface area (Å²) in [4.78, 5) is 83.8. The van der Waals surface area contributed by atoms with Gasteiger partial charge in [0.05, 0.1) is 12.1 Å². The van der Waals surface area contributed by atoms with Crippen LogP contribution in [0, 0.1) is 22.7 Å². The van der Waals surface area contributed by atoms with E-state index in [4.69, 9.17) is 0 Å². The van der Waals surface area contributed by atoms with Crippen molar-refractivity contribution in [2.75, 3.05) is 19.6 Å². The van der Waals surface area contributed by atoms with Gasteiger partial charge in [0.15, 0.2) is 0 Å². The Morgan fingerprint density at radius 1 is 0.875 bits per heavy atom. The molecule has 0 bridgehead atoms. The normalized spacial score (nSPS) is 22.2. The standard InChI is InChI=1S/C36H62N6O6/c1-10-11-14-25(29(44)32(46)37-23-16-17-23)38-31(45)28-24(22(2)3)18-20-42(28)33(47)30(36(7,8)9)40-34(48)39-26(35(4,5)6)21-41-19-13-12-15-27(41)43/h22-26,28,30H,10-21H2,1-9H3,(H,37,46)(H,38,45)(H2,39,40,48)/t24-,25?,26-,28+,30-/m1/s1. The maximum atomic E-state index is 14.4. The van der Waals surface area contributed by atoms with Gasteiger partial charge in [-0.3, -0.25) is 24.0 Å². The fourth-order valence-corrected chi connectivity index (χ4v) is 6.63. The minimum atomic E-state index is -0.981. The molecule has 0 aromatic heterocycles. The lowest BCUT2D eigenvalue weighted by Crippen LogP contribution is -2.62. The average Bonchev–Trinajstić information content (AvgIpc) is 3.69. The lowest BCUT2D eigenvalue weighted by atomic mass is 9.84. The van der Waals surface area contributed by atoms with Gasteiger partial charge in [-0.25, -0.2) is 4.79 Å². The number of amides is 6. The number of urea groups is 1. The van der Waals surface area contributed by atoms with Gasteiger partial charge in [-0.15, -0.1) is 0 Å². The van der Waals surface area contributed by atoms with E-state index in [9.17, 15) is 28.8 Å². The second-order valence-electron chi connectivity index (χ2n) is 16.6. The molecule has 0 radical (unpaired) electrons. The van der Waals surface area contributed by atoms with E-state index < -0.39 is 47.2 Å². The summed E-state index contributed by atoms with van der Waals surface area (Å²) in [6, 6.07) is -3.66. The molecular weight excluding hydrogens is 612 g/mol. The number of rotatable bonds is 14. The number of nitrogens with one attached hydrogen (secondary N) is 4. The van der Waals surface area contributed by atoms with E-state index in [1.54, 1.807) is 9.80 Å². The Morgan fingerprint density at radius 2 is 1.54 bits per heavy atom. The highest BCUT2D eigenvalue weighted by molar-refractivity contribution is 6.38. The average molecular weight is 675 g/mol. The lowest BCUT2D eigenvalue weighted by Gasteiger charge is -2.39. The highest BCUT2D eigenvalue weighted by Crippen LogP contribution is 2.34.